The standard InChI is InChI=1S/C27H26N2O5S/c1-4-34-21-11-13-24-23(15-21)27(31)25(35(32,33)22-12-10-18(2)19(3)14-22)16-29(24)17-26(30)28-20-8-6-5-7-9-20/h5-16H,4,17H2,1-3H3,(H,28,30). The van der Waals surface area contributed by atoms with Crippen molar-refractivity contribution in [2.24, 2.45) is 0 Å². The fourth-order valence-electron chi connectivity index (χ4n) is 3.81. The van der Waals surface area contributed by atoms with E-state index in [1.807, 2.05) is 26.8 Å². The smallest absolute Gasteiger partial charge is 0.244 e. The van der Waals surface area contributed by atoms with Crippen LogP contribution in [-0.4, -0.2) is 25.5 Å². The summed E-state index contributed by atoms with van der Waals surface area (Å²) < 4.78 is 34.1. The number of aryl methyl sites for hydroxylation is 2. The van der Waals surface area contributed by atoms with E-state index in [1.54, 1.807) is 48.5 Å². The highest BCUT2D eigenvalue weighted by Gasteiger charge is 2.25. The molecular weight excluding hydrogens is 464 g/mol. The summed E-state index contributed by atoms with van der Waals surface area (Å²) in [6.45, 7) is 5.72. The molecule has 35 heavy (non-hydrogen) atoms. The van der Waals surface area contributed by atoms with Crippen LogP contribution in [0.1, 0.15) is 18.1 Å². The highest BCUT2D eigenvalue weighted by Crippen LogP contribution is 2.25. The van der Waals surface area contributed by atoms with Gasteiger partial charge in [-0.05, 0) is 74.4 Å². The molecule has 0 radical (unpaired) electrons. The van der Waals surface area contributed by atoms with Gasteiger partial charge in [-0.25, -0.2) is 8.42 Å². The molecule has 7 nitrogen and oxygen atoms in total. The van der Waals surface area contributed by atoms with Gasteiger partial charge in [-0.3, -0.25) is 9.59 Å². The van der Waals surface area contributed by atoms with E-state index in [0.717, 1.165) is 11.1 Å². The van der Waals surface area contributed by atoms with Crippen molar-refractivity contribution in [3.63, 3.8) is 0 Å². The van der Waals surface area contributed by atoms with Gasteiger partial charge in [0.2, 0.25) is 21.2 Å². The number of fused-ring (bicyclic) bond motifs is 1. The van der Waals surface area contributed by atoms with Crippen LogP contribution in [0, 0.1) is 13.8 Å². The van der Waals surface area contributed by atoms with E-state index in [9.17, 15) is 18.0 Å². The van der Waals surface area contributed by atoms with Gasteiger partial charge in [0.05, 0.1) is 22.4 Å². The number of anilines is 1. The Labute approximate surface area is 203 Å². The van der Waals surface area contributed by atoms with Crippen LogP contribution in [0.5, 0.6) is 5.75 Å². The number of nitrogens with one attached hydrogen (secondary N) is 1. The number of amides is 1. The molecule has 0 aliphatic rings. The van der Waals surface area contributed by atoms with Crippen molar-refractivity contribution in [1.29, 1.82) is 0 Å². The lowest BCUT2D eigenvalue weighted by atomic mass is 10.1. The van der Waals surface area contributed by atoms with Crippen LogP contribution in [0.2, 0.25) is 0 Å². The van der Waals surface area contributed by atoms with Gasteiger partial charge < -0.3 is 14.6 Å². The van der Waals surface area contributed by atoms with Crippen molar-refractivity contribution in [2.75, 3.05) is 11.9 Å². The Balaban J connectivity index is 1.87. The van der Waals surface area contributed by atoms with Crippen LogP contribution in [0.15, 0.2) is 87.5 Å². The summed E-state index contributed by atoms with van der Waals surface area (Å²) in [6.07, 6.45) is 1.25. The molecule has 0 aliphatic carbocycles. The second-order valence-electron chi connectivity index (χ2n) is 8.23. The van der Waals surface area contributed by atoms with E-state index < -0.39 is 20.2 Å². The third kappa shape index (κ3) is 4.97. The number of rotatable bonds is 7. The molecule has 1 aromatic heterocycles. The fraction of sp³-hybridized carbons (Fsp3) is 0.185. The second-order valence-corrected chi connectivity index (χ2v) is 10.1. The van der Waals surface area contributed by atoms with Crippen LogP contribution in [0.3, 0.4) is 0 Å². The van der Waals surface area contributed by atoms with Crippen LogP contribution in [0.4, 0.5) is 5.69 Å². The van der Waals surface area contributed by atoms with Crippen LogP contribution < -0.4 is 15.5 Å². The van der Waals surface area contributed by atoms with Gasteiger partial charge >= 0.3 is 0 Å². The number of hydrogen-bond acceptors (Lipinski definition) is 5. The Morgan fingerprint density at radius 3 is 2.40 bits per heavy atom. The summed E-state index contributed by atoms with van der Waals surface area (Å²) in [7, 11) is -4.15. The molecule has 8 heteroatoms. The third-order valence-electron chi connectivity index (χ3n) is 5.78. The molecule has 0 bridgehead atoms. The Bertz CT molecular complexity index is 1570. The molecule has 3 aromatic carbocycles. The zero-order valence-corrected chi connectivity index (χ0v) is 20.6. The number of sulfone groups is 1. The van der Waals surface area contributed by atoms with Crippen LogP contribution in [0.25, 0.3) is 10.9 Å². The molecular formula is C27H26N2O5S. The maximum Gasteiger partial charge on any atom is 0.244 e. The van der Waals surface area contributed by atoms with E-state index in [1.165, 1.54) is 22.9 Å². The van der Waals surface area contributed by atoms with Crippen LogP contribution >= 0.6 is 0 Å². The van der Waals surface area contributed by atoms with E-state index in [4.69, 9.17) is 4.74 Å². The molecule has 1 N–H and O–H groups in total. The lowest BCUT2D eigenvalue weighted by Crippen LogP contribution is -2.24. The zero-order chi connectivity index (χ0) is 25.2. The van der Waals surface area contributed by atoms with Crippen molar-refractivity contribution in [2.45, 2.75) is 37.1 Å². The topological polar surface area (TPSA) is 94.5 Å². The second kappa shape index (κ2) is 9.76. The lowest BCUT2D eigenvalue weighted by molar-refractivity contribution is -0.116. The van der Waals surface area contributed by atoms with E-state index in [2.05, 4.69) is 5.32 Å². The van der Waals surface area contributed by atoms with E-state index in [0.29, 0.717) is 23.6 Å². The van der Waals surface area contributed by atoms with Crippen molar-refractivity contribution in [3.8, 4) is 5.75 Å². The van der Waals surface area contributed by atoms with Gasteiger partial charge in [0.1, 0.15) is 17.2 Å². The summed E-state index contributed by atoms with van der Waals surface area (Å²) in [5.74, 6) is 0.0858. The number of aromatic nitrogens is 1. The summed E-state index contributed by atoms with van der Waals surface area (Å²) in [5, 5.41) is 2.95. The molecule has 0 fully saturated rings. The molecule has 180 valence electrons. The highest BCUT2D eigenvalue weighted by molar-refractivity contribution is 7.91. The molecule has 0 spiro atoms. The largest absolute Gasteiger partial charge is 0.494 e. The lowest BCUT2D eigenvalue weighted by Gasteiger charge is -2.15. The first-order valence-corrected chi connectivity index (χ1v) is 12.7. The van der Waals surface area contributed by atoms with Gasteiger partial charge in [0.25, 0.3) is 0 Å². The van der Waals surface area contributed by atoms with Gasteiger partial charge in [0, 0.05) is 11.9 Å². The maximum atomic E-state index is 13.6. The molecule has 1 amide bonds. The Hall–Kier alpha value is -3.91. The van der Waals surface area contributed by atoms with E-state index >= 15 is 0 Å². The molecule has 4 rings (SSSR count). The summed E-state index contributed by atoms with van der Waals surface area (Å²) >= 11 is 0. The molecule has 0 saturated heterocycles. The molecule has 0 atom stereocenters. The minimum Gasteiger partial charge on any atom is -0.494 e. The minimum atomic E-state index is -4.15. The van der Waals surface area contributed by atoms with Gasteiger partial charge in [0.15, 0.2) is 0 Å². The highest BCUT2D eigenvalue weighted by atomic mass is 32.2. The van der Waals surface area contributed by atoms with Gasteiger partial charge in [-0.2, -0.15) is 0 Å². The SMILES string of the molecule is CCOc1ccc2c(c1)c(=O)c(S(=O)(=O)c1ccc(C)c(C)c1)cn2CC(=O)Nc1ccccc1. The predicted molar refractivity (Wildman–Crippen MR) is 136 cm³/mol. The first-order chi connectivity index (χ1) is 16.7. The normalized spacial score (nSPS) is 11.4. The minimum absolute atomic E-state index is 0.0262. The van der Waals surface area contributed by atoms with Crippen LogP contribution in [-0.2, 0) is 21.2 Å². The summed E-state index contributed by atoms with van der Waals surface area (Å²) in [4.78, 5) is 25.9. The third-order valence-corrected chi connectivity index (χ3v) is 7.52. The quantitative estimate of drug-likeness (QED) is 0.412. The number of carbonyl (C=O) groups is 1. The molecule has 4 aromatic rings. The average Bonchev–Trinajstić information content (AvgIpc) is 2.83. The van der Waals surface area contributed by atoms with Gasteiger partial charge in [-0.1, -0.05) is 24.3 Å². The average molecular weight is 491 g/mol. The van der Waals surface area contributed by atoms with Crippen molar-refractivity contribution in [1.82, 2.24) is 4.57 Å². The number of ether oxygens (including phenoxy) is 1. The number of benzene rings is 3. The molecule has 0 unspecified atom stereocenters. The fourth-order valence-corrected chi connectivity index (χ4v) is 5.27. The number of pyridine rings is 1. The molecule has 0 saturated carbocycles. The number of nitrogens with zero attached hydrogens (tertiary/aromatic N) is 1. The number of carbonyl (C=O) groups excluding carboxylic acids is 1. The molecule has 1 heterocycles. The van der Waals surface area contributed by atoms with Crippen molar-refractivity contribution in [3.05, 3.63) is 94.3 Å². The predicted octanol–water partition coefficient (Wildman–Crippen LogP) is 4.49. The Morgan fingerprint density at radius 1 is 0.971 bits per heavy atom. The van der Waals surface area contributed by atoms with Crippen molar-refractivity contribution >= 4 is 32.3 Å². The monoisotopic (exact) mass is 490 g/mol. The first kappa shape index (κ1) is 24.2. The summed E-state index contributed by atoms with van der Waals surface area (Å²) in [6, 6.07) is 18.6. The van der Waals surface area contributed by atoms with E-state index in [-0.39, 0.29) is 22.7 Å². The number of hydrogen-bond donors (Lipinski definition) is 1. The Kier molecular flexibility index (Phi) is 6.75. The maximum absolute atomic E-state index is 13.6. The zero-order valence-electron chi connectivity index (χ0n) is 19.7. The Morgan fingerprint density at radius 2 is 1.71 bits per heavy atom. The molecule has 0 aliphatic heterocycles. The number of para-hydroxylation sites is 1. The summed E-state index contributed by atoms with van der Waals surface area (Å²) in [5.41, 5.74) is 2.15. The first-order valence-electron chi connectivity index (χ1n) is 11.2. The van der Waals surface area contributed by atoms with Crippen molar-refractivity contribution < 1.29 is 17.9 Å². The van der Waals surface area contributed by atoms with Gasteiger partial charge in [-0.15, -0.1) is 0 Å².